The van der Waals surface area contributed by atoms with E-state index >= 15 is 0 Å². The summed E-state index contributed by atoms with van der Waals surface area (Å²) in [7, 11) is 0. The first-order valence-electron chi connectivity index (χ1n) is 5.49. The van der Waals surface area contributed by atoms with Gasteiger partial charge in [-0.05, 0) is 32.2 Å². The summed E-state index contributed by atoms with van der Waals surface area (Å²) >= 11 is 7.39. The molecule has 0 radical (unpaired) electrons. The second-order valence-corrected chi connectivity index (χ2v) is 6.09. The number of hydrogen-bond donors (Lipinski definition) is 1. The van der Waals surface area contributed by atoms with E-state index in [-0.39, 0.29) is 6.42 Å². The molecular formula is C12H16ClNO3S. The van der Waals surface area contributed by atoms with Crippen LogP contribution in [0.5, 0.6) is 0 Å². The maximum absolute atomic E-state index is 11.7. The number of carbonyl (C=O) groups is 2. The summed E-state index contributed by atoms with van der Waals surface area (Å²) in [6, 6.07) is 1.29. The van der Waals surface area contributed by atoms with E-state index in [4.69, 9.17) is 16.3 Å². The molecule has 1 amide bonds. The Hall–Kier alpha value is -1.07. The van der Waals surface area contributed by atoms with Crippen LogP contribution >= 0.6 is 22.9 Å². The predicted molar refractivity (Wildman–Crippen MR) is 72.1 cm³/mol. The molecule has 1 atom stereocenters. The standard InChI is InChI=1S/C12H16ClNO3S/c1-12(2,3)17-11(16)14-9(4-6-15)10-8(13)5-7-18-10/h5-7,9H,4H2,1-3H3,(H,14,16)/t9-/m1/s1. The first-order chi connectivity index (χ1) is 8.33. The molecule has 0 aliphatic heterocycles. The van der Waals surface area contributed by atoms with E-state index in [1.807, 2.05) is 5.38 Å². The zero-order valence-electron chi connectivity index (χ0n) is 10.5. The minimum absolute atomic E-state index is 0.166. The van der Waals surface area contributed by atoms with Crippen molar-refractivity contribution in [3.63, 3.8) is 0 Å². The molecule has 0 aliphatic rings. The number of alkyl carbamates (subject to hydrolysis) is 1. The Labute approximate surface area is 115 Å². The van der Waals surface area contributed by atoms with Gasteiger partial charge in [-0.2, -0.15) is 0 Å². The maximum atomic E-state index is 11.7. The fourth-order valence-electron chi connectivity index (χ4n) is 1.33. The lowest BCUT2D eigenvalue weighted by atomic mass is 10.2. The van der Waals surface area contributed by atoms with Crippen molar-refractivity contribution < 1.29 is 14.3 Å². The lowest BCUT2D eigenvalue weighted by molar-refractivity contribution is -0.108. The van der Waals surface area contributed by atoms with Crippen LogP contribution in [0.15, 0.2) is 11.4 Å². The van der Waals surface area contributed by atoms with Gasteiger partial charge in [0, 0.05) is 11.3 Å². The number of hydrogen-bond acceptors (Lipinski definition) is 4. The van der Waals surface area contributed by atoms with Gasteiger partial charge in [0.1, 0.15) is 11.9 Å². The number of carbonyl (C=O) groups excluding carboxylic acids is 2. The number of halogens is 1. The highest BCUT2D eigenvalue weighted by Gasteiger charge is 2.22. The van der Waals surface area contributed by atoms with Gasteiger partial charge < -0.3 is 14.8 Å². The van der Waals surface area contributed by atoms with Gasteiger partial charge in [-0.1, -0.05) is 11.6 Å². The summed E-state index contributed by atoms with van der Waals surface area (Å²) in [6.07, 6.45) is 0.358. The normalized spacial score (nSPS) is 12.9. The van der Waals surface area contributed by atoms with Crippen molar-refractivity contribution in [2.45, 2.75) is 38.8 Å². The third-order valence-electron chi connectivity index (χ3n) is 1.98. The fourth-order valence-corrected chi connectivity index (χ4v) is 2.59. The Morgan fingerprint density at radius 2 is 2.28 bits per heavy atom. The van der Waals surface area contributed by atoms with Crippen molar-refractivity contribution in [2.75, 3.05) is 0 Å². The molecule has 0 saturated heterocycles. The molecule has 0 aliphatic carbocycles. The van der Waals surface area contributed by atoms with Gasteiger partial charge in [-0.25, -0.2) is 4.79 Å². The third kappa shape index (κ3) is 4.66. The molecule has 6 heteroatoms. The summed E-state index contributed by atoms with van der Waals surface area (Å²) in [4.78, 5) is 23.1. The van der Waals surface area contributed by atoms with Gasteiger partial charge in [0.2, 0.25) is 0 Å². The van der Waals surface area contributed by atoms with Crippen LogP contribution in [0, 0.1) is 0 Å². The van der Waals surface area contributed by atoms with E-state index in [1.54, 1.807) is 26.8 Å². The molecule has 1 aromatic heterocycles. The Bertz CT molecular complexity index is 425. The van der Waals surface area contributed by atoms with Crippen molar-refractivity contribution in [3.05, 3.63) is 21.3 Å². The number of ether oxygens (including phenoxy) is 1. The molecule has 18 heavy (non-hydrogen) atoms. The van der Waals surface area contributed by atoms with E-state index in [2.05, 4.69) is 5.32 Å². The molecule has 1 rings (SSSR count). The zero-order valence-corrected chi connectivity index (χ0v) is 12.1. The lowest BCUT2D eigenvalue weighted by Gasteiger charge is -2.22. The first-order valence-corrected chi connectivity index (χ1v) is 6.75. The van der Waals surface area contributed by atoms with Gasteiger partial charge in [0.05, 0.1) is 11.1 Å². The number of amides is 1. The van der Waals surface area contributed by atoms with Gasteiger partial charge in [-0.3, -0.25) is 0 Å². The van der Waals surface area contributed by atoms with Crippen LogP contribution in [-0.2, 0) is 9.53 Å². The smallest absolute Gasteiger partial charge is 0.408 e. The lowest BCUT2D eigenvalue weighted by Crippen LogP contribution is -2.35. The molecule has 0 unspecified atom stereocenters. The average Bonchev–Trinajstić information content (AvgIpc) is 2.60. The van der Waals surface area contributed by atoms with Crippen molar-refractivity contribution in [1.29, 1.82) is 0 Å². The molecule has 0 bridgehead atoms. The number of nitrogens with one attached hydrogen (secondary N) is 1. The summed E-state index contributed by atoms with van der Waals surface area (Å²) in [5.74, 6) is 0. The number of thiophene rings is 1. The second-order valence-electron chi connectivity index (χ2n) is 4.73. The van der Waals surface area contributed by atoms with Crippen LogP contribution in [-0.4, -0.2) is 18.0 Å². The van der Waals surface area contributed by atoms with Crippen molar-refractivity contribution in [1.82, 2.24) is 5.32 Å². The second kappa shape index (κ2) is 6.20. The molecule has 1 N–H and O–H groups in total. The Morgan fingerprint density at radius 1 is 1.61 bits per heavy atom. The molecule has 100 valence electrons. The summed E-state index contributed by atoms with van der Waals surface area (Å²) in [5.41, 5.74) is -0.574. The van der Waals surface area contributed by atoms with E-state index in [0.29, 0.717) is 5.02 Å². The van der Waals surface area contributed by atoms with Crippen LogP contribution in [0.2, 0.25) is 5.02 Å². The highest BCUT2D eigenvalue weighted by molar-refractivity contribution is 7.10. The largest absolute Gasteiger partial charge is 0.444 e. The Morgan fingerprint density at radius 3 is 2.72 bits per heavy atom. The van der Waals surface area contributed by atoms with Crippen molar-refractivity contribution >= 4 is 35.3 Å². The topological polar surface area (TPSA) is 55.4 Å². The van der Waals surface area contributed by atoms with Gasteiger partial charge in [0.25, 0.3) is 0 Å². The van der Waals surface area contributed by atoms with E-state index in [1.165, 1.54) is 11.3 Å². The van der Waals surface area contributed by atoms with E-state index in [0.717, 1.165) is 11.2 Å². The SMILES string of the molecule is CC(C)(C)OC(=O)N[C@H](CC=O)c1sccc1Cl. The average molecular weight is 290 g/mol. The molecule has 4 nitrogen and oxygen atoms in total. The van der Waals surface area contributed by atoms with Gasteiger partial charge in [-0.15, -0.1) is 11.3 Å². The molecule has 0 saturated carbocycles. The van der Waals surface area contributed by atoms with Crippen LogP contribution in [0.1, 0.15) is 38.1 Å². The van der Waals surface area contributed by atoms with Crippen LogP contribution in [0.25, 0.3) is 0 Å². The highest BCUT2D eigenvalue weighted by Crippen LogP contribution is 2.30. The zero-order chi connectivity index (χ0) is 13.8. The molecular weight excluding hydrogens is 274 g/mol. The minimum Gasteiger partial charge on any atom is -0.444 e. The quantitative estimate of drug-likeness (QED) is 0.862. The minimum atomic E-state index is -0.574. The van der Waals surface area contributed by atoms with Crippen molar-refractivity contribution in [3.8, 4) is 0 Å². The van der Waals surface area contributed by atoms with Gasteiger partial charge in [0.15, 0.2) is 0 Å². The van der Waals surface area contributed by atoms with Gasteiger partial charge >= 0.3 is 6.09 Å². The number of rotatable bonds is 4. The van der Waals surface area contributed by atoms with E-state index < -0.39 is 17.7 Å². The summed E-state index contributed by atoms with van der Waals surface area (Å²) in [6.45, 7) is 5.33. The van der Waals surface area contributed by atoms with Crippen LogP contribution in [0.4, 0.5) is 4.79 Å². The molecule has 1 aromatic rings. The molecule has 0 fully saturated rings. The fraction of sp³-hybridized carbons (Fsp3) is 0.500. The number of aldehydes is 1. The maximum Gasteiger partial charge on any atom is 0.408 e. The predicted octanol–water partition coefficient (Wildman–Crippen LogP) is 3.56. The first kappa shape index (κ1) is 15.0. The van der Waals surface area contributed by atoms with Crippen LogP contribution in [0.3, 0.4) is 0 Å². The third-order valence-corrected chi connectivity index (χ3v) is 3.46. The van der Waals surface area contributed by atoms with E-state index in [9.17, 15) is 9.59 Å². The van der Waals surface area contributed by atoms with Crippen molar-refractivity contribution in [2.24, 2.45) is 0 Å². The summed E-state index contributed by atoms with van der Waals surface area (Å²) in [5, 5.41) is 5.01. The molecule has 1 heterocycles. The molecule has 0 spiro atoms. The summed E-state index contributed by atoms with van der Waals surface area (Å²) < 4.78 is 5.15. The highest BCUT2D eigenvalue weighted by atomic mass is 35.5. The monoisotopic (exact) mass is 289 g/mol. The Kier molecular flexibility index (Phi) is 5.16. The molecule has 0 aromatic carbocycles. The Balaban J connectivity index is 2.73. The van der Waals surface area contributed by atoms with Crippen LogP contribution < -0.4 is 5.32 Å².